The summed E-state index contributed by atoms with van der Waals surface area (Å²) in [5, 5.41) is 3.01. The number of halogens is 6. The molecule has 0 saturated heterocycles. The maximum atomic E-state index is 13.6. The van der Waals surface area contributed by atoms with Crippen molar-refractivity contribution in [2.24, 2.45) is 0 Å². The molecule has 1 unspecified atom stereocenters. The Hall–Kier alpha value is -3.86. The second kappa shape index (κ2) is 13.4. The van der Waals surface area contributed by atoms with Gasteiger partial charge in [-0.1, -0.05) is 60.7 Å². The molecule has 5 nitrogen and oxygen atoms in total. The molecular weight excluding hydrogens is 586 g/mol. The molecular formula is C33H34F6N2O3. The number of benzene rings is 3. The van der Waals surface area contributed by atoms with Crippen molar-refractivity contribution in [3.63, 3.8) is 0 Å². The maximum Gasteiger partial charge on any atom is 0.416 e. The second-order valence-electron chi connectivity index (χ2n) is 11.2. The summed E-state index contributed by atoms with van der Waals surface area (Å²) in [5.74, 6) is -2.37. The first-order valence-corrected chi connectivity index (χ1v) is 14.2. The molecule has 44 heavy (non-hydrogen) atoms. The van der Waals surface area contributed by atoms with Gasteiger partial charge in [-0.3, -0.25) is 14.5 Å². The Balaban J connectivity index is 1.60. The molecule has 0 bridgehead atoms. The lowest BCUT2D eigenvalue weighted by atomic mass is 9.74. The number of carbonyl (C=O) groups is 2. The molecule has 1 fully saturated rings. The Labute approximate surface area is 252 Å². The molecule has 1 saturated carbocycles. The van der Waals surface area contributed by atoms with Crippen LogP contribution in [0, 0.1) is 0 Å². The van der Waals surface area contributed by atoms with E-state index in [1.54, 1.807) is 12.1 Å². The van der Waals surface area contributed by atoms with E-state index in [0.717, 1.165) is 11.1 Å². The lowest BCUT2D eigenvalue weighted by Crippen LogP contribution is -2.52. The lowest BCUT2D eigenvalue weighted by molar-refractivity contribution is -0.144. The van der Waals surface area contributed by atoms with Crippen molar-refractivity contribution in [2.45, 2.75) is 69.0 Å². The number of amides is 1. The van der Waals surface area contributed by atoms with Crippen LogP contribution >= 0.6 is 0 Å². The highest BCUT2D eigenvalue weighted by atomic mass is 19.4. The summed E-state index contributed by atoms with van der Waals surface area (Å²) in [6, 6.07) is 19.9. The first kappa shape index (κ1) is 33.0. The highest BCUT2D eigenvalue weighted by Gasteiger charge is 2.42. The van der Waals surface area contributed by atoms with Crippen LogP contribution in [0.3, 0.4) is 0 Å². The molecule has 11 heteroatoms. The van der Waals surface area contributed by atoms with E-state index < -0.39 is 40.8 Å². The van der Waals surface area contributed by atoms with Gasteiger partial charge in [0.15, 0.2) is 0 Å². The molecule has 0 aromatic heterocycles. The van der Waals surface area contributed by atoms with Gasteiger partial charge in [-0.15, -0.1) is 0 Å². The van der Waals surface area contributed by atoms with Crippen LogP contribution in [0.25, 0.3) is 0 Å². The van der Waals surface area contributed by atoms with Crippen molar-refractivity contribution in [1.29, 1.82) is 0 Å². The van der Waals surface area contributed by atoms with Gasteiger partial charge in [0.05, 0.1) is 36.2 Å². The van der Waals surface area contributed by atoms with Crippen LogP contribution in [-0.2, 0) is 38.8 Å². The molecule has 1 aliphatic rings. The monoisotopic (exact) mass is 620 g/mol. The highest BCUT2D eigenvalue weighted by Crippen LogP contribution is 2.41. The third-order valence-corrected chi connectivity index (χ3v) is 8.31. The fraction of sp³-hybridized carbons (Fsp3) is 0.394. The molecule has 1 atom stereocenters. The zero-order valence-electron chi connectivity index (χ0n) is 24.3. The summed E-state index contributed by atoms with van der Waals surface area (Å²) in [6.45, 7) is 1.86. The van der Waals surface area contributed by atoms with Crippen molar-refractivity contribution in [3.05, 3.63) is 107 Å². The first-order chi connectivity index (χ1) is 20.7. The molecule has 3 aromatic rings. The Morgan fingerprint density at radius 1 is 0.886 bits per heavy atom. The van der Waals surface area contributed by atoms with E-state index in [1.807, 2.05) is 53.4 Å². The van der Waals surface area contributed by atoms with E-state index >= 15 is 0 Å². The Morgan fingerprint density at radius 3 is 1.91 bits per heavy atom. The largest absolute Gasteiger partial charge is 0.468 e. The van der Waals surface area contributed by atoms with E-state index in [1.165, 1.54) is 14.0 Å². The molecule has 0 spiro atoms. The zero-order valence-corrected chi connectivity index (χ0v) is 24.3. The topological polar surface area (TPSA) is 58.6 Å². The number of alkyl halides is 6. The molecule has 1 amide bonds. The van der Waals surface area contributed by atoms with Gasteiger partial charge in [0.2, 0.25) is 5.91 Å². The number of ether oxygens (including phenoxy) is 1. The van der Waals surface area contributed by atoms with Gasteiger partial charge in [-0.25, -0.2) is 0 Å². The van der Waals surface area contributed by atoms with E-state index in [0.29, 0.717) is 44.4 Å². The molecule has 4 rings (SSSR count). The summed E-state index contributed by atoms with van der Waals surface area (Å²) in [6.07, 6.45) is -8.05. The van der Waals surface area contributed by atoms with Gasteiger partial charge in [-0.05, 0) is 67.5 Å². The van der Waals surface area contributed by atoms with Gasteiger partial charge < -0.3 is 10.1 Å². The quantitative estimate of drug-likeness (QED) is 0.199. The summed E-state index contributed by atoms with van der Waals surface area (Å²) in [7, 11) is 1.32. The van der Waals surface area contributed by atoms with E-state index in [9.17, 15) is 35.9 Å². The van der Waals surface area contributed by atoms with Crippen molar-refractivity contribution in [3.8, 4) is 0 Å². The number of nitrogens with one attached hydrogen (secondary N) is 1. The normalized spacial score (nSPS) is 19.8. The highest BCUT2D eigenvalue weighted by molar-refractivity contribution is 5.84. The predicted molar refractivity (Wildman–Crippen MR) is 152 cm³/mol. The van der Waals surface area contributed by atoms with Gasteiger partial charge in [-0.2, -0.15) is 26.3 Å². The number of nitrogens with zero attached hydrogens (tertiary/aromatic N) is 1. The summed E-state index contributed by atoms with van der Waals surface area (Å²) < 4.78 is 85.9. The minimum absolute atomic E-state index is 0.0433. The molecule has 3 aromatic carbocycles. The lowest BCUT2D eigenvalue weighted by Gasteiger charge is -2.44. The number of hydrogen-bond donors (Lipinski definition) is 1. The summed E-state index contributed by atoms with van der Waals surface area (Å²) in [5.41, 5.74) is -2.44. The molecule has 0 radical (unpaired) electrons. The van der Waals surface area contributed by atoms with Crippen LogP contribution < -0.4 is 5.32 Å². The molecule has 0 heterocycles. The maximum absolute atomic E-state index is 13.6. The number of methoxy groups -OCH3 is 1. The molecule has 1 aliphatic carbocycles. The standard InChI is InChI=1S/C33H34F6N2O3/c1-22(24-17-26(32(34,35)36)19-27(18-24)33(37,38)39)30(43)40-31(25-11-7-4-8-12-25)15-13-28(14-16-31)41(21-29(42)44-2)20-23-9-5-3-6-10-23/h3-12,17-19,22,28H,13-16,20-21H2,1-2H3,(H,40,43). The number of rotatable bonds is 9. The van der Waals surface area contributed by atoms with Crippen LogP contribution in [0.2, 0.25) is 0 Å². The van der Waals surface area contributed by atoms with E-state index in [4.69, 9.17) is 4.74 Å². The molecule has 236 valence electrons. The van der Waals surface area contributed by atoms with Crippen LogP contribution in [0.15, 0.2) is 78.9 Å². The van der Waals surface area contributed by atoms with E-state index in [-0.39, 0.29) is 30.2 Å². The molecule has 0 aliphatic heterocycles. The zero-order chi connectivity index (χ0) is 32.1. The number of carbonyl (C=O) groups excluding carboxylic acids is 2. The van der Waals surface area contributed by atoms with Crippen LogP contribution in [0.4, 0.5) is 26.3 Å². The summed E-state index contributed by atoms with van der Waals surface area (Å²) in [4.78, 5) is 27.9. The smallest absolute Gasteiger partial charge is 0.416 e. The Kier molecular flexibility index (Phi) is 10.1. The fourth-order valence-corrected chi connectivity index (χ4v) is 5.79. The third kappa shape index (κ3) is 7.99. The van der Waals surface area contributed by atoms with Crippen molar-refractivity contribution in [1.82, 2.24) is 10.2 Å². The fourth-order valence-electron chi connectivity index (χ4n) is 5.79. The average molecular weight is 621 g/mol. The van der Waals surface area contributed by atoms with E-state index in [2.05, 4.69) is 5.32 Å². The van der Waals surface area contributed by atoms with Crippen molar-refractivity contribution < 1.29 is 40.7 Å². The SMILES string of the molecule is COC(=O)CN(Cc1ccccc1)C1CCC(NC(=O)C(C)c2cc(C(F)(F)F)cc(C(F)(F)F)c2)(c2ccccc2)CC1. The third-order valence-electron chi connectivity index (χ3n) is 8.31. The van der Waals surface area contributed by atoms with Crippen LogP contribution in [0.1, 0.15) is 66.3 Å². The summed E-state index contributed by atoms with van der Waals surface area (Å²) >= 11 is 0. The van der Waals surface area contributed by atoms with Crippen molar-refractivity contribution >= 4 is 11.9 Å². The Bertz CT molecular complexity index is 1390. The van der Waals surface area contributed by atoms with Gasteiger partial charge in [0.25, 0.3) is 0 Å². The van der Waals surface area contributed by atoms with Gasteiger partial charge in [0.1, 0.15) is 0 Å². The van der Waals surface area contributed by atoms with Gasteiger partial charge >= 0.3 is 18.3 Å². The second-order valence-corrected chi connectivity index (χ2v) is 11.2. The average Bonchev–Trinajstić information content (AvgIpc) is 3.00. The first-order valence-electron chi connectivity index (χ1n) is 14.2. The van der Waals surface area contributed by atoms with Crippen LogP contribution in [-0.4, -0.2) is 36.5 Å². The van der Waals surface area contributed by atoms with Crippen molar-refractivity contribution in [2.75, 3.05) is 13.7 Å². The predicted octanol–water partition coefficient (Wildman–Crippen LogP) is 7.46. The molecule has 1 N–H and O–H groups in total. The number of hydrogen-bond acceptors (Lipinski definition) is 4. The van der Waals surface area contributed by atoms with Gasteiger partial charge in [0, 0.05) is 12.6 Å². The minimum Gasteiger partial charge on any atom is -0.468 e. The Morgan fingerprint density at radius 2 is 1.41 bits per heavy atom. The number of esters is 1. The minimum atomic E-state index is -5.02. The van der Waals surface area contributed by atoms with Crippen LogP contribution in [0.5, 0.6) is 0 Å².